The van der Waals surface area contributed by atoms with Crippen LogP contribution in [-0.4, -0.2) is 22.6 Å². The molecular formula is C13H14O3S. The molecule has 3 nitrogen and oxygen atoms in total. The number of ketones is 1. The predicted molar refractivity (Wildman–Crippen MR) is 68.7 cm³/mol. The summed E-state index contributed by atoms with van der Waals surface area (Å²) in [5.74, 6) is -0.519. The Kier molecular flexibility index (Phi) is 4.97. The fourth-order valence-corrected chi connectivity index (χ4v) is 2.14. The fraction of sp³-hybridized carbons (Fsp3) is 0.231. The number of carbonyl (C=O) groups excluding carboxylic acids is 1. The zero-order valence-electron chi connectivity index (χ0n) is 9.77. The van der Waals surface area contributed by atoms with E-state index < -0.39 is 5.97 Å². The molecule has 17 heavy (non-hydrogen) atoms. The first-order valence-corrected chi connectivity index (χ1v) is 6.22. The van der Waals surface area contributed by atoms with Crippen molar-refractivity contribution in [2.24, 2.45) is 0 Å². The minimum atomic E-state index is -1.12. The van der Waals surface area contributed by atoms with Crippen LogP contribution in [0.1, 0.15) is 22.8 Å². The topological polar surface area (TPSA) is 54.4 Å². The molecule has 0 saturated carbocycles. The second kappa shape index (κ2) is 6.25. The van der Waals surface area contributed by atoms with Crippen molar-refractivity contribution in [3.05, 3.63) is 41.5 Å². The summed E-state index contributed by atoms with van der Waals surface area (Å²) in [5.41, 5.74) is 1.55. The summed E-state index contributed by atoms with van der Waals surface area (Å²) < 4.78 is 0. The van der Waals surface area contributed by atoms with Crippen LogP contribution in [0.5, 0.6) is 0 Å². The van der Waals surface area contributed by atoms with E-state index in [0.29, 0.717) is 5.56 Å². The van der Waals surface area contributed by atoms with Crippen LogP contribution < -0.4 is 0 Å². The maximum Gasteiger partial charge on any atom is 0.328 e. The Labute approximate surface area is 105 Å². The van der Waals surface area contributed by atoms with Gasteiger partial charge in [-0.05, 0) is 30.9 Å². The molecule has 0 aromatic heterocycles. The highest BCUT2D eigenvalue weighted by atomic mass is 32.2. The van der Waals surface area contributed by atoms with E-state index in [1.54, 1.807) is 17.8 Å². The number of thioether (sulfide) groups is 1. The average molecular weight is 250 g/mol. The maximum absolute atomic E-state index is 11.8. The summed E-state index contributed by atoms with van der Waals surface area (Å²) in [6.07, 6.45) is 1.96. The lowest BCUT2D eigenvalue weighted by molar-refractivity contribution is -0.131. The van der Waals surface area contributed by atoms with Gasteiger partial charge < -0.3 is 5.11 Å². The smallest absolute Gasteiger partial charge is 0.328 e. The van der Waals surface area contributed by atoms with Gasteiger partial charge in [0.05, 0.1) is 0 Å². The van der Waals surface area contributed by atoms with E-state index in [2.05, 4.69) is 0 Å². The molecular weight excluding hydrogens is 236 g/mol. The first kappa shape index (κ1) is 13.5. The number of allylic oxidation sites excluding steroid dienone is 1. The molecule has 0 spiro atoms. The Morgan fingerprint density at radius 1 is 1.35 bits per heavy atom. The minimum absolute atomic E-state index is 0.271. The molecule has 0 bridgehead atoms. The van der Waals surface area contributed by atoms with E-state index in [9.17, 15) is 9.59 Å². The molecule has 0 aliphatic rings. The van der Waals surface area contributed by atoms with Crippen molar-refractivity contribution in [2.45, 2.75) is 18.7 Å². The standard InChI is InChI=1S/C13H14O3S/c1-3-17-12-6-4-9(2)8-10(12)11(14)5-7-13(15)16/h4-8H,3H2,1-2H3,(H,15,16)/b7-5+. The van der Waals surface area contributed by atoms with Gasteiger partial charge in [-0.2, -0.15) is 0 Å². The highest BCUT2D eigenvalue weighted by Crippen LogP contribution is 2.24. The molecule has 1 N–H and O–H groups in total. The van der Waals surface area contributed by atoms with Gasteiger partial charge in [0.15, 0.2) is 5.78 Å². The molecule has 0 aliphatic heterocycles. The van der Waals surface area contributed by atoms with Crippen molar-refractivity contribution >= 4 is 23.5 Å². The number of hydrogen-bond donors (Lipinski definition) is 1. The van der Waals surface area contributed by atoms with Crippen LogP contribution in [0.25, 0.3) is 0 Å². The zero-order valence-corrected chi connectivity index (χ0v) is 10.6. The lowest BCUT2D eigenvalue weighted by Crippen LogP contribution is -1.99. The van der Waals surface area contributed by atoms with Crippen LogP contribution in [0.2, 0.25) is 0 Å². The van der Waals surface area contributed by atoms with E-state index in [1.165, 1.54) is 0 Å². The summed E-state index contributed by atoms with van der Waals surface area (Å²) in [5, 5.41) is 8.49. The predicted octanol–water partition coefficient (Wildman–Crippen LogP) is 2.93. The zero-order chi connectivity index (χ0) is 12.8. The lowest BCUT2D eigenvalue weighted by Gasteiger charge is -2.06. The summed E-state index contributed by atoms with van der Waals surface area (Å²) in [6.45, 7) is 3.91. The highest BCUT2D eigenvalue weighted by Gasteiger charge is 2.09. The molecule has 0 fully saturated rings. The number of carboxylic acid groups (broad SMARTS) is 1. The van der Waals surface area contributed by atoms with Gasteiger partial charge in [0.1, 0.15) is 0 Å². The van der Waals surface area contributed by atoms with Crippen molar-refractivity contribution in [3.63, 3.8) is 0 Å². The third-order valence-corrected chi connectivity index (χ3v) is 3.03. The Balaban J connectivity index is 3.05. The molecule has 1 rings (SSSR count). The van der Waals surface area contributed by atoms with Crippen LogP contribution in [0.3, 0.4) is 0 Å². The lowest BCUT2D eigenvalue weighted by atomic mass is 10.1. The molecule has 0 atom stereocenters. The number of hydrogen-bond acceptors (Lipinski definition) is 3. The van der Waals surface area contributed by atoms with Crippen molar-refractivity contribution < 1.29 is 14.7 Å². The van der Waals surface area contributed by atoms with E-state index in [-0.39, 0.29) is 5.78 Å². The Morgan fingerprint density at radius 3 is 2.65 bits per heavy atom. The molecule has 4 heteroatoms. The molecule has 1 aromatic rings. The fourth-order valence-electron chi connectivity index (χ4n) is 1.35. The van der Waals surface area contributed by atoms with E-state index in [0.717, 1.165) is 28.4 Å². The van der Waals surface area contributed by atoms with Crippen molar-refractivity contribution in [1.82, 2.24) is 0 Å². The number of carbonyl (C=O) groups is 2. The number of carboxylic acids is 1. The molecule has 0 aliphatic carbocycles. The number of benzene rings is 1. The Morgan fingerprint density at radius 2 is 2.06 bits per heavy atom. The highest BCUT2D eigenvalue weighted by molar-refractivity contribution is 7.99. The average Bonchev–Trinajstić information content (AvgIpc) is 2.28. The Hall–Kier alpha value is -1.55. The molecule has 0 unspecified atom stereocenters. The molecule has 0 amide bonds. The number of aryl methyl sites for hydroxylation is 1. The van der Waals surface area contributed by atoms with Crippen LogP contribution in [0, 0.1) is 6.92 Å². The van der Waals surface area contributed by atoms with E-state index >= 15 is 0 Å². The number of aliphatic carboxylic acids is 1. The third kappa shape index (κ3) is 4.07. The van der Waals surface area contributed by atoms with Crippen molar-refractivity contribution in [2.75, 3.05) is 5.75 Å². The van der Waals surface area contributed by atoms with Crippen molar-refractivity contribution in [3.8, 4) is 0 Å². The van der Waals surface area contributed by atoms with Gasteiger partial charge in [-0.1, -0.05) is 18.6 Å². The second-order valence-electron chi connectivity index (χ2n) is 3.47. The quantitative estimate of drug-likeness (QED) is 0.496. The first-order valence-electron chi connectivity index (χ1n) is 5.23. The van der Waals surface area contributed by atoms with Crippen molar-refractivity contribution in [1.29, 1.82) is 0 Å². The second-order valence-corrected chi connectivity index (χ2v) is 4.77. The summed E-state index contributed by atoms with van der Waals surface area (Å²) in [7, 11) is 0. The van der Waals surface area contributed by atoms with Crippen LogP contribution in [0.4, 0.5) is 0 Å². The van der Waals surface area contributed by atoms with Gasteiger partial charge in [0.25, 0.3) is 0 Å². The molecule has 0 saturated heterocycles. The summed E-state index contributed by atoms with van der Waals surface area (Å²) in [4.78, 5) is 23.1. The minimum Gasteiger partial charge on any atom is -0.478 e. The molecule has 1 aromatic carbocycles. The van der Waals surface area contributed by atoms with Gasteiger partial charge >= 0.3 is 5.97 Å². The molecule has 0 radical (unpaired) electrons. The normalized spacial score (nSPS) is 10.7. The van der Waals surface area contributed by atoms with Gasteiger partial charge in [-0.25, -0.2) is 4.79 Å². The van der Waals surface area contributed by atoms with Gasteiger partial charge in [0.2, 0.25) is 0 Å². The summed E-state index contributed by atoms with van der Waals surface area (Å²) >= 11 is 1.57. The first-order chi connectivity index (χ1) is 8.04. The van der Waals surface area contributed by atoms with Gasteiger partial charge in [-0.15, -0.1) is 11.8 Å². The van der Waals surface area contributed by atoms with E-state index in [4.69, 9.17) is 5.11 Å². The van der Waals surface area contributed by atoms with Crippen LogP contribution in [0.15, 0.2) is 35.2 Å². The SMILES string of the molecule is CCSc1ccc(C)cc1C(=O)/C=C/C(=O)O. The number of rotatable bonds is 5. The molecule has 0 heterocycles. The van der Waals surface area contributed by atoms with Gasteiger partial charge in [0, 0.05) is 16.5 Å². The van der Waals surface area contributed by atoms with Crippen LogP contribution >= 0.6 is 11.8 Å². The van der Waals surface area contributed by atoms with Crippen LogP contribution in [-0.2, 0) is 4.79 Å². The third-order valence-electron chi connectivity index (χ3n) is 2.08. The molecule has 90 valence electrons. The van der Waals surface area contributed by atoms with Gasteiger partial charge in [-0.3, -0.25) is 4.79 Å². The summed E-state index contributed by atoms with van der Waals surface area (Å²) in [6, 6.07) is 5.62. The Bertz CT molecular complexity index is 464. The monoisotopic (exact) mass is 250 g/mol. The maximum atomic E-state index is 11.8. The largest absolute Gasteiger partial charge is 0.478 e. The van der Waals surface area contributed by atoms with E-state index in [1.807, 2.05) is 26.0 Å².